The van der Waals surface area contributed by atoms with Gasteiger partial charge in [0.2, 0.25) is 5.95 Å². The lowest BCUT2D eigenvalue weighted by atomic mass is 10.3. The smallest absolute Gasteiger partial charge is 0.292 e. The molecule has 0 amide bonds. The predicted molar refractivity (Wildman–Crippen MR) is 56.7 cm³/mol. The molecular weight excluding hydrogens is 249 g/mol. The molecule has 18 heavy (non-hydrogen) atoms. The third-order valence-electron chi connectivity index (χ3n) is 2.20. The van der Waals surface area contributed by atoms with Crippen molar-refractivity contribution < 1.29 is 13.2 Å². The number of aryl methyl sites for hydroxylation is 1. The maximum Gasteiger partial charge on any atom is 0.419 e. The number of nitrogens with one attached hydrogen (secondary N) is 1. The van der Waals surface area contributed by atoms with Crippen LogP contribution >= 0.6 is 0 Å². The van der Waals surface area contributed by atoms with Crippen LogP contribution in [0, 0.1) is 6.92 Å². The highest BCUT2D eigenvalue weighted by molar-refractivity contribution is 5.37. The van der Waals surface area contributed by atoms with Gasteiger partial charge in [0.15, 0.2) is 5.82 Å². The van der Waals surface area contributed by atoms with Crippen LogP contribution in [0.2, 0.25) is 0 Å². The Kier molecular flexibility index (Phi) is 2.91. The Morgan fingerprint density at radius 2 is 2.06 bits per heavy atom. The number of alkyl halides is 3. The molecule has 0 bridgehead atoms. The van der Waals surface area contributed by atoms with Gasteiger partial charge in [-0.1, -0.05) is 0 Å². The molecule has 0 saturated carbocycles. The molecule has 0 atom stereocenters. The van der Waals surface area contributed by atoms with Crippen LogP contribution in [0.1, 0.15) is 11.1 Å². The highest BCUT2D eigenvalue weighted by Gasteiger charge is 2.32. The number of rotatable bonds is 2. The Labute approximate surface area is 99.6 Å². The Morgan fingerprint density at radius 1 is 1.33 bits per heavy atom. The van der Waals surface area contributed by atoms with Gasteiger partial charge in [-0.3, -0.25) is 5.43 Å². The van der Waals surface area contributed by atoms with E-state index in [2.05, 4.69) is 20.5 Å². The third-order valence-corrected chi connectivity index (χ3v) is 2.20. The summed E-state index contributed by atoms with van der Waals surface area (Å²) in [6, 6.07) is 0. The molecule has 0 radical (unpaired) electrons. The monoisotopic (exact) mass is 258 g/mol. The van der Waals surface area contributed by atoms with Gasteiger partial charge in [0.25, 0.3) is 0 Å². The van der Waals surface area contributed by atoms with E-state index in [1.807, 2.05) is 0 Å². The summed E-state index contributed by atoms with van der Waals surface area (Å²) in [5, 5.41) is 3.63. The van der Waals surface area contributed by atoms with Crippen molar-refractivity contribution in [3.8, 4) is 5.82 Å². The Morgan fingerprint density at radius 3 is 2.61 bits per heavy atom. The number of anilines is 1. The maximum atomic E-state index is 12.4. The van der Waals surface area contributed by atoms with Crippen LogP contribution in [-0.4, -0.2) is 19.7 Å². The lowest BCUT2D eigenvalue weighted by Gasteiger charge is -2.06. The quantitative estimate of drug-likeness (QED) is 0.626. The summed E-state index contributed by atoms with van der Waals surface area (Å²) in [4.78, 5) is 7.77. The van der Waals surface area contributed by atoms with E-state index >= 15 is 0 Å². The number of aromatic nitrogens is 4. The van der Waals surface area contributed by atoms with Crippen molar-refractivity contribution in [2.45, 2.75) is 13.1 Å². The first-order chi connectivity index (χ1) is 8.41. The van der Waals surface area contributed by atoms with Gasteiger partial charge in [-0.25, -0.2) is 15.5 Å². The third kappa shape index (κ3) is 2.25. The molecule has 0 aliphatic heterocycles. The van der Waals surface area contributed by atoms with Crippen molar-refractivity contribution in [1.29, 1.82) is 0 Å². The highest BCUT2D eigenvalue weighted by Crippen LogP contribution is 2.29. The summed E-state index contributed by atoms with van der Waals surface area (Å²) in [6.07, 6.45) is -1.41. The molecule has 96 valence electrons. The molecule has 3 N–H and O–H groups in total. The van der Waals surface area contributed by atoms with Crippen LogP contribution < -0.4 is 11.3 Å². The van der Waals surface area contributed by atoms with Crippen LogP contribution in [0.5, 0.6) is 0 Å². The molecule has 0 aliphatic carbocycles. The van der Waals surface area contributed by atoms with Crippen LogP contribution in [-0.2, 0) is 6.18 Å². The molecule has 9 heteroatoms. The van der Waals surface area contributed by atoms with Crippen molar-refractivity contribution in [3.63, 3.8) is 0 Å². The first kappa shape index (κ1) is 12.3. The van der Waals surface area contributed by atoms with Gasteiger partial charge < -0.3 is 0 Å². The minimum absolute atomic E-state index is 0.0969. The summed E-state index contributed by atoms with van der Waals surface area (Å²) < 4.78 is 38.4. The first-order valence-electron chi connectivity index (χ1n) is 4.84. The summed E-state index contributed by atoms with van der Waals surface area (Å²) in [5.74, 6) is 5.46. The van der Waals surface area contributed by atoms with Crippen LogP contribution in [0.15, 0.2) is 18.6 Å². The second-order valence-corrected chi connectivity index (χ2v) is 3.52. The van der Waals surface area contributed by atoms with Crippen molar-refractivity contribution in [1.82, 2.24) is 19.7 Å². The fourth-order valence-corrected chi connectivity index (χ4v) is 1.32. The van der Waals surface area contributed by atoms with Crippen molar-refractivity contribution in [3.05, 3.63) is 29.7 Å². The molecule has 2 aromatic heterocycles. The average Bonchev–Trinajstić information content (AvgIpc) is 2.78. The van der Waals surface area contributed by atoms with Gasteiger partial charge in [-0.2, -0.15) is 23.3 Å². The highest BCUT2D eigenvalue weighted by atomic mass is 19.4. The first-order valence-corrected chi connectivity index (χ1v) is 4.84. The number of nitrogens with zero attached hydrogens (tertiary/aromatic N) is 4. The summed E-state index contributed by atoms with van der Waals surface area (Å²) >= 11 is 0. The molecule has 0 aromatic carbocycles. The zero-order valence-electron chi connectivity index (χ0n) is 9.23. The molecule has 0 fully saturated rings. The maximum absolute atomic E-state index is 12.4. The lowest BCUT2D eigenvalue weighted by molar-refractivity contribution is -0.137. The summed E-state index contributed by atoms with van der Waals surface area (Å²) in [6.45, 7) is 1.66. The van der Waals surface area contributed by atoms with E-state index in [-0.39, 0.29) is 11.8 Å². The normalized spacial score (nSPS) is 11.6. The van der Waals surface area contributed by atoms with E-state index in [1.165, 1.54) is 6.20 Å². The second-order valence-electron chi connectivity index (χ2n) is 3.52. The molecule has 0 saturated heterocycles. The van der Waals surface area contributed by atoms with Gasteiger partial charge in [0, 0.05) is 18.0 Å². The van der Waals surface area contributed by atoms with E-state index in [9.17, 15) is 13.2 Å². The van der Waals surface area contributed by atoms with Crippen molar-refractivity contribution in [2.24, 2.45) is 5.84 Å². The second kappa shape index (κ2) is 4.26. The number of nitrogen functional groups attached to an aromatic ring is 1. The molecule has 0 spiro atoms. The van der Waals surface area contributed by atoms with E-state index in [0.717, 1.165) is 17.1 Å². The van der Waals surface area contributed by atoms with Crippen molar-refractivity contribution in [2.75, 3.05) is 5.43 Å². The topological polar surface area (TPSA) is 81.6 Å². The minimum Gasteiger partial charge on any atom is -0.292 e. The number of hydrazine groups is 1. The standard InChI is InChI=1S/C9H9F3N6/c1-5-2-14-8(17-13)16-7(5)18-4-6(3-15-18)9(10,11)12/h2-4H,13H2,1H3,(H,14,16,17). The van der Waals surface area contributed by atoms with E-state index < -0.39 is 11.7 Å². The molecule has 2 heterocycles. The molecule has 6 nitrogen and oxygen atoms in total. The van der Waals surface area contributed by atoms with Crippen molar-refractivity contribution >= 4 is 5.95 Å². The number of hydrogen-bond donors (Lipinski definition) is 2. The predicted octanol–water partition coefficient (Wildman–Crippen LogP) is 1.28. The number of nitrogens with two attached hydrogens (primary N) is 1. The van der Waals surface area contributed by atoms with Gasteiger partial charge >= 0.3 is 6.18 Å². The van der Waals surface area contributed by atoms with Crippen LogP contribution in [0.25, 0.3) is 5.82 Å². The Balaban J connectivity index is 2.45. The van der Waals surface area contributed by atoms with E-state index in [4.69, 9.17) is 5.84 Å². The number of halogens is 3. The lowest BCUT2D eigenvalue weighted by Crippen LogP contribution is -2.13. The molecule has 2 rings (SSSR count). The largest absolute Gasteiger partial charge is 0.419 e. The number of hydrogen-bond acceptors (Lipinski definition) is 5. The fraction of sp³-hybridized carbons (Fsp3) is 0.222. The molecular formula is C9H9F3N6. The summed E-state index contributed by atoms with van der Waals surface area (Å²) in [5.41, 5.74) is 1.95. The summed E-state index contributed by atoms with van der Waals surface area (Å²) in [7, 11) is 0. The molecule has 2 aromatic rings. The molecule has 0 aliphatic rings. The average molecular weight is 258 g/mol. The van der Waals surface area contributed by atoms with Gasteiger partial charge in [0.1, 0.15) is 0 Å². The zero-order chi connectivity index (χ0) is 13.3. The van der Waals surface area contributed by atoms with Gasteiger partial charge in [-0.05, 0) is 6.92 Å². The van der Waals surface area contributed by atoms with Crippen LogP contribution in [0.3, 0.4) is 0 Å². The zero-order valence-corrected chi connectivity index (χ0v) is 9.23. The Hall–Kier alpha value is -2.16. The Bertz CT molecular complexity index is 562. The SMILES string of the molecule is Cc1cnc(NN)nc1-n1cc(C(F)(F)F)cn1. The van der Waals surface area contributed by atoms with E-state index in [1.54, 1.807) is 6.92 Å². The van der Waals surface area contributed by atoms with E-state index in [0.29, 0.717) is 5.56 Å². The minimum atomic E-state index is -4.44. The van der Waals surface area contributed by atoms with Crippen LogP contribution in [0.4, 0.5) is 19.1 Å². The van der Waals surface area contributed by atoms with Gasteiger partial charge in [0.05, 0.1) is 11.8 Å². The fourth-order valence-electron chi connectivity index (χ4n) is 1.32. The molecule has 0 unspecified atom stereocenters. The van der Waals surface area contributed by atoms with Gasteiger partial charge in [-0.15, -0.1) is 0 Å².